The SMILES string of the molecule is Cc1ccc(C(C)NCC2CCN(C(C)C)C2)cc1F. The second-order valence-corrected chi connectivity index (χ2v) is 6.38. The topological polar surface area (TPSA) is 15.3 Å². The molecule has 0 saturated carbocycles. The minimum atomic E-state index is -0.108. The molecule has 0 bridgehead atoms. The van der Waals surface area contributed by atoms with Gasteiger partial charge >= 0.3 is 0 Å². The zero-order valence-electron chi connectivity index (χ0n) is 13.1. The van der Waals surface area contributed by atoms with Crippen LogP contribution in [0.4, 0.5) is 4.39 Å². The van der Waals surface area contributed by atoms with Crippen molar-refractivity contribution in [3.63, 3.8) is 0 Å². The number of likely N-dealkylation sites (tertiary alicyclic amines) is 1. The van der Waals surface area contributed by atoms with Gasteiger partial charge in [-0.3, -0.25) is 0 Å². The van der Waals surface area contributed by atoms with E-state index in [0.717, 1.165) is 18.0 Å². The highest BCUT2D eigenvalue weighted by molar-refractivity contribution is 5.25. The summed E-state index contributed by atoms with van der Waals surface area (Å²) in [5.41, 5.74) is 1.75. The number of rotatable bonds is 5. The van der Waals surface area contributed by atoms with Crippen LogP contribution in [0.3, 0.4) is 0 Å². The summed E-state index contributed by atoms with van der Waals surface area (Å²) in [7, 11) is 0. The first-order chi connectivity index (χ1) is 9.47. The minimum absolute atomic E-state index is 0.108. The Kier molecular flexibility index (Phi) is 5.17. The van der Waals surface area contributed by atoms with E-state index in [1.54, 1.807) is 13.0 Å². The van der Waals surface area contributed by atoms with Crippen LogP contribution in [0.5, 0.6) is 0 Å². The molecule has 20 heavy (non-hydrogen) atoms. The van der Waals surface area contributed by atoms with Gasteiger partial charge in [0.15, 0.2) is 0 Å². The molecule has 0 amide bonds. The van der Waals surface area contributed by atoms with E-state index in [1.807, 2.05) is 12.1 Å². The van der Waals surface area contributed by atoms with Gasteiger partial charge in [-0.25, -0.2) is 4.39 Å². The normalized spacial score (nSPS) is 21.6. The van der Waals surface area contributed by atoms with Crippen molar-refractivity contribution < 1.29 is 4.39 Å². The molecule has 2 atom stereocenters. The van der Waals surface area contributed by atoms with Crippen molar-refractivity contribution in [2.75, 3.05) is 19.6 Å². The quantitative estimate of drug-likeness (QED) is 0.886. The molecule has 1 aromatic carbocycles. The number of benzene rings is 1. The molecule has 2 nitrogen and oxygen atoms in total. The van der Waals surface area contributed by atoms with Crippen LogP contribution in [0.15, 0.2) is 18.2 Å². The maximum Gasteiger partial charge on any atom is 0.126 e. The van der Waals surface area contributed by atoms with Crippen molar-refractivity contribution in [1.82, 2.24) is 10.2 Å². The van der Waals surface area contributed by atoms with Crippen LogP contribution in [0, 0.1) is 18.7 Å². The van der Waals surface area contributed by atoms with Gasteiger partial charge in [-0.1, -0.05) is 12.1 Å². The first-order valence-electron chi connectivity index (χ1n) is 7.71. The number of halogens is 1. The van der Waals surface area contributed by atoms with E-state index >= 15 is 0 Å². The third kappa shape index (κ3) is 3.80. The van der Waals surface area contributed by atoms with Gasteiger partial charge in [0, 0.05) is 18.6 Å². The van der Waals surface area contributed by atoms with E-state index in [4.69, 9.17) is 0 Å². The summed E-state index contributed by atoms with van der Waals surface area (Å²) in [6, 6.07) is 6.38. The summed E-state index contributed by atoms with van der Waals surface area (Å²) in [6.07, 6.45) is 1.26. The Hall–Kier alpha value is -0.930. The average molecular weight is 278 g/mol. The molecule has 1 aliphatic rings. The highest BCUT2D eigenvalue weighted by Crippen LogP contribution is 2.20. The van der Waals surface area contributed by atoms with E-state index in [2.05, 4.69) is 31.0 Å². The van der Waals surface area contributed by atoms with E-state index in [-0.39, 0.29) is 11.9 Å². The van der Waals surface area contributed by atoms with Gasteiger partial charge in [0.1, 0.15) is 5.82 Å². The molecule has 112 valence electrons. The molecule has 0 aliphatic carbocycles. The zero-order chi connectivity index (χ0) is 14.7. The zero-order valence-corrected chi connectivity index (χ0v) is 13.1. The number of nitrogens with one attached hydrogen (secondary N) is 1. The molecule has 0 spiro atoms. The van der Waals surface area contributed by atoms with E-state index in [0.29, 0.717) is 11.6 Å². The van der Waals surface area contributed by atoms with Gasteiger partial charge in [0.05, 0.1) is 0 Å². The van der Waals surface area contributed by atoms with Crippen molar-refractivity contribution in [2.24, 2.45) is 5.92 Å². The maximum atomic E-state index is 13.6. The van der Waals surface area contributed by atoms with E-state index in [9.17, 15) is 4.39 Å². The lowest BCUT2D eigenvalue weighted by molar-refractivity contribution is 0.263. The highest BCUT2D eigenvalue weighted by Gasteiger charge is 2.24. The summed E-state index contributed by atoms with van der Waals surface area (Å²) in [5, 5.41) is 3.55. The lowest BCUT2D eigenvalue weighted by Crippen LogP contribution is -2.31. The Labute approximate surface area is 122 Å². The smallest absolute Gasteiger partial charge is 0.126 e. The molecule has 1 aromatic rings. The molecule has 0 radical (unpaired) electrons. The second kappa shape index (κ2) is 6.68. The number of hydrogen-bond acceptors (Lipinski definition) is 2. The maximum absolute atomic E-state index is 13.6. The Balaban J connectivity index is 1.83. The Morgan fingerprint density at radius 3 is 2.70 bits per heavy atom. The predicted molar refractivity (Wildman–Crippen MR) is 82.4 cm³/mol. The average Bonchev–Trinajstić information content (AvgIpc) is 2.88. The Morgan fingerprint density at radius 1 is 1.35 bits per heavy atom. The van der Waals surface area contributed by atoms with Crippen molar-refractivity contribution in [3.05, 3.63) is 35.1 Å². The lowest BCUT2D eigenvalue weighted by Gasteiger charge is -2.21. The molecule has 2 rings (SSSR count). The largest absolute Gasteiger partial charge is 0.310 e. The number of hydrogen-bond donors (Lipinski definition) is 1. The van der Waals surface area contributed by atoms with Crippen molar-refractivity contribution in [1.29, 1.82) is 0 Å². The van der Waals surface area contributed by atoms with Gasteiger partial charge in [0.2, 0.25) is 0 Å². The van der Waals surface area contributed by atoms with Crippen molar-refractivity contribution in [3.8, 4) is 0 Å². The predicted octanol–water partition coefficient (Wildman–Crippen LogP) is 3.52. The number of aryl methyl sites for hydroxylation is 1. The van der Waals surface area contributed by atoms with Crippen LogP contribution in [-0.4, -0.2) is 30.6 Å². The fourth-order valence-electron chi connectivity index (χ4n) is 2.84. The van der Waals surface area contributed by atoms with Crippen LogP contribution in [0.25, 0.3) is 0 Å². The molecule has 3 heteroatoms. The van der Waals surface area contributed by atoms with Crippen LogP contribution < -0.4 is 5.32 Å². The van der Waals surface area contributed by atoms with E-state index < -0.39 is 0 Å². The van der Waals surface area contributed by atoms with Crippen molar-refractivity contribution in [2.45, 2.75) is 46.2 Å². The number of nitrogens with zero attached hydrogens (tertiary/aromatic N) is 1. The molecule has 1 fully saturated rings. The minimum Gasteiger partial charge on any atom is -0.310 e. The molecule has 2 unspecified atom stereocenters. The fourth-order valence-corrected chi connectivity index (χ4v) is 2.84. The fraction of sp³-hybridized carbons (Fsp3) is 0.647. The first-order valence-corrected chi connectivity index (χ1v) is 7.71. The monoisotopic (exact) mass is 278 g/mol. The second-order valence-electron chi connectivity index (χ2n) is 6.38. The molecule has 1 N–H and O–H groups in total. The Bertz CT molecular complexity index is 445. The van der Waals surface area contributed by atoms with E-state index in [1.165, 1.54) is 19.5 Å². The third-order valence-electron chi connectivity index (χ3n) is 4.46. The van der Waals surface area contributed by atoms with Gasteiger partial charge in [-0.05, 0) is 70.3 Å². The summed E-state index contributed by atoms with van der Waals surface area (Å²) < 4.78 is 13.6. The summed E-state index contributed by atoms with van der Waals surface area (Å²) in [4.78, 5) is 2.53. The standard InChI is InChI=1S/C17H27FN2/c1-12(2)20-8-7-15(11-20)10-19-14(4)16-6-5-13(3)17(18)9-16/h5-6,9,12,14-15,19H,7-8,10-11H2,1-4H3. The van der Waals surface area contributed by atoms with Gasteiger partial charge in [0.25, 0.3) is 0 Å². The summed E-state index contributed by atoms with van der Waals surface area (Å²) in [6.45, 7) is 11.8. The van der Waals surface area contributed by atoms with Crippen LogP contribution in [0.1, 0.15) is 44.4 Å². The van der Waals surface area contributed by atoms with Crippen LogP contribution in [-0.2, 0) is 0 Å². The molecule has 1 saturated heterocycles. The molecule has 1 heterocycles. The molecular weight excluding hydrogens is 251 g/mol. The van der Waals surface area contributed by atoms with Gasteiger partial charge < -0.3 is 10.2 Å². The lowest BCUT2D eigenvalue weighted by atomic mass is 10.0. The van der Waals surface area contributed by atoms with Gasteiger partial charge in [-0.2, -0.15) is 0 Å². The molecule has 1 aliphatic heterocycles. The third-order valence-corrected chi connectivity index (χ3v) is 4.46. The Morgan fingerprint density at radius 2 is 2.10 bits per heavy atom. The molecule has 0 aromatic heterocycles. The van der Waals surface area contributed by atoms with Crippen molar-refractivity contribution >= 4 is 0 Å². The van der Waals surface area contributed by atoms with Gasteiger partial charge in [-0.15, -0.1) is 0 Å². The highest BCUT2D eigenvalue weighted by atomic mass is 19.1. The first kappa shape index (κ1) is 15.5. The van der Waals surface area contributed by atoms with Crippen LogP contribution >= 0.6 is 0 Å². The van der Waals surface area contributed by atoms with Crippen LogP contribution in [0.2, 0.25) is 0 Å². The summed E-state index contributed by atoms with van der Waals surface area (Å²) >= 11 is 0. The molecular formula is C17H27FN2. The summed E-state index contributed by atoms with van der Waals surface area (Å²) in [5.74, 6) is 0.609.